The highest BCUT2D eigenvalue weighted by Gasteiger charge is 2.11. The fourth-order valence-corrected chi connectivity index (χ4v) is 2.96. The van der Waals surface area contributed by atoms with Gasteiger partial charge >= 0.3 is 0 Å². The summed E-state index contributed by atoms with van der Waals surface area (Å²) in [4.78, 5) is 7.37. The lowest BCUT2D eigenvalue weighted by Crippen LogP contribution is -2.08. The van der Waals surface area contributed by atoms with E-state index < -0.39 is 0 Å². The molecule has 0 fully saturated rings. The number of nitrogens with one attached hydrogen (secondary N) is 1. The van der Waals surface area contributed by atoms with E-state index in [1.807, 2.05) is 25.2 Å². The highest BCUT2D eigenvalue weighted by molar-refractivity contribution is 7.25. The Labute approximate surface area is 109 Å². The maximum absolute atomic E-state index is 4.33. The maximum atomic E-state index is 4.33. The average Bonchev–Trinajstić information content (AvgIpc) is 2.83. The Morgan fingerprint density at radius 2 is 2.00 bits per heavy atom. The Morgan fingerprint density at radius 3 is 2.59 bits per heavy atom. The second kappa shape index (κ2) is 4.97. The lowest BCUT2D eigenvalue weighted by Gasteiger charge is -2.04. The minimum Gasteiger partial charge on any atom is -0.358 e. The lowest BCUT2D eigenvalue weighted by molar-refractivity contribution is 0.888. The van der Waals surface area contributed by atoms with Gasteiger partial charge in [0.2, 0.25) is 5.13 Å². The van der Waals surface area contributed by atoms with E-state index in [2.05, 4.69) is 34.3 Å². The van der Waals surface area contributed by atoms with Crippen molar-refractivity contribution >= 4 is 32.9 Å². The fourth-order valence-electron chi connectivity index (χ4n) is 1.20. The van der Waals surface area contributed by atoms with Gasteiger partial charge in [-0.15, -0.1) is 10.2 Å². The van der Waals surface area contributed by atoms with Crippen LogP contribution in [0.25, 0.3) is 9.88 Å². The molecule has 2 aromatic heterocycles. The van der Waals surface area contributed by atoms with Gasteiger partial charge in [0, 0.05) is 20.1 Å². The average molecular weight is 269 g/mol. The predicted octanol–water partition coefficient (Wildman–Crippen LogP) is 2.55. The Bertz CT molecular complexity index is 488. The van der Waals surface area contributed by atoms with E-state index in [4.69, 9.17) is 0 Å². The first kappa shape index (κ1) is 12.3. The molecule has 0 saturated carbocycles. The van der Waals surface area contributed by atoms with Gasteiger partial charge in [0.15, 0.2) is 10.1 Å². The SMILES string of the molecule is CC(C)Nc1nnc(-c2cnc(N(C)C)s2)s1. The van der Waals surface area contributed by atoms with Gasteiger partial charge in [0.1, 0.15) is 0 Å². The van der Waals surface area contributed by atoms with Gasteiger partial charge in [0.25, 0.3) is 0 Å². The van der Waals surface area contributed by atoms with Crippen molar-refractivity contribution in [2.45, 2.75) is 19.9 Å². The molecule has 0 bridgehead atoms. The third kappa shape index (κ3) is 2.92. The van der Waals surface area contributed by atoms with Crippen molar-refractivity contribution in [2.75, 3.05) is 24.3 Å². The molecule has 0 aliphatic carbocycles. The summed E-state index contributed by atoms with van der Waals surface area (Å²) >= 11 is 3.18. The van der Waals surface area contributed by atoms with E-state index >= 15 is 0 Å². The standard InChI is InChI=1S/C10H15N5S2/c1-6(2)12-9-14-13-8(17-9)7-5-11-10(16-7)15(3)4/h5-6H,1-4H3,(H,12,14). The van der Waals surface area contributed by atoms with Crippen LogP contribution in [-0.2, 0) is 0 Å². The smallest absolute Gasteiger partial charge is 0.206 e. The van der Waals surface area contributed by atoms with Crippen molar-refractivity contribution in [2.24, 2.45) is 0 Å². The molecule has 0 unspecified atom stereocenters. The van der Waals surface area contributed by atoms with E-state index in [0.29, 0.717) is 6.04 Å². The molecule has 0 atom stereocenters. The van der Waals surface area contributed by atoms with Crippen LogP contribution in [-0.4, -0.2) is 35.3 Å². The molecule has 92 valence electrons. The number of nitrogens with zero attached hydrogens (tertiary/aromatic N) is 4. The summed E-state index contributed by atoms with van der Waals surface area (Å²) in [5.74, 6) is 0. The highest BCUT2D eigenvalue weighted by atomic mass is 32.1. The zero-order chi connectivity index (χ0) is 12.4. The zero-order valence-electron chi connectivity index (χ0n) is 10.3. The maximum Gasteiger partial charge on any atom is 0.206 e. The molecule has 0 spiro atoms. The number of hydrogen-bond donors (Lipinski definition) is 1. The lowest BCUT2D eigenvalue weighted by atomic mass is 10.4. The van der Waals surface area contributed by atoms with Crippen LogP contribution < -0.4 is 10.2 Å². The number of hydrogen-bond acceptors (Lipinski definition) is 7. The van der Waals surface area contributed by atoms with Gasteiger partial charge in [-0.25, -0.2) is 4.98 Å². The fraction of sp³-hybridized carbons (Fsp3) is 0.500. The molecule has 2 aromatic rings. The van der Waals surface area contributed by atoms with Gasteiger partial charge in [-0.2, -0.15) is 0 Å². The van der Waals surface area contributed by atoms with E-state index in [0.717, 1.165) is 20.1 Å². The number of thiazole rings is 1. The first-order chi connectivity index (χ1) is 8.06. The summed E-state index contributed by atoms with van der Waals surface area (Å²) in [6.07, 6.45) is 1.85. The largest absolute Gasteiger partial charge is 0.358 e. The summed E-state index contributed by atoms with van der Waals surface area (Å²) in [5, 5.41) is 14.3. The Morgan fingerprint density at radius 1 is 1.24 bits per heavy atom. The van der Waals surface area contributed by atoms with Gasteiger partial charge in [0.05, 0.1) is 11.1 Å². The minimum atomic E-state index is 0.370. The zero-order valence-corrected chi connectivity index (χ0v) is 11.9. The third-order valence-electron chi connectivity index (χ3n) is 1.92. The number of aromatic nitrogens is 3. The van der Waals surface area contributed by atoms with Crippen molar-refractivity contribution < 1.29 is 0 Å². The Kier molecular flexibility index (Phi) is 3.58. The van der Waals surface area contributed by atoms with Crippen molar-refractivity contribution in [3.8, 4) is 9.88 Å². The van der Waals surface area contributed by atoms with Crippen molar-refractivity contribution in [1.82, 2.24) is 15.2 Å². The quantitative estimate of drug-likeness (QED) is 0.924. The van der Waals surface area contributed by atoms with Crippen LogP contribution in [0.1, 0.15) is 13.8 Å². The van der Waals surface area contributed by atoms with E-state index in [1.54, 1.807) is 22.7 Å². The van der Waals surface area contributed by atoms with Crippen molar-refractivity contribution in [3.05, 3.63) is 6.20 Å². The second-order valence-corrected chi connectivity index (χ2v) is 6.10. The molecule has 5 nitrogen and oxygen atoms in total. The summed E-state index contributed by atoms with van der Waals surface area (Å²) in [7, 11) is 3.96. The summed E-state index contributed by atoms with van der Waals surface area (Å²) < 4.78 is 0. The Balaban J connectivity index is 2.18. The molecule has 0 amide bonds. The molecule has 7 heteroatoms. The molecule has 0 saturated heterocycles. The highest BCUT2D eigenvalue weighted by Crippen LogP contribution is 2.33. The van der Waals surface area contributed by atoms with Gasteiger partial charge in [-0.3, -0.25) is 0 Å². The molecule has 0 aliphatic rings. The molecule has 17 heavy (non-hydrogen) atoms. The van der Waals surface area contributed by atoms with Crippen molar-refractivity contribution in [1.29, 1.82) is 0 Å². The van der Waals surface area contributed by atoms with Crippen LogP contribution in [0.15, 0.2) is 6.20 Å². The van der Waals surface area contributed by atoms with Crippen LogP contribution in [0.2, 0.25) is 0 Å². The van der Waals surface area contributed by atoms with Crippen LogP contribution in [0.5, 0.6) is 0 Å². The van der Waals surface area contributed by atoms with Gasteiger partial charge < -0.3 is 10.2 Å². The topological polar surface area (TPSA) is 53.9 Å². The normalized spacial score (nSPS) is 10.9. The minimum absolute atomic E-state index is 0.370. The molecular weight excluding hydrogens is 254 g/mol. The molecule has 2 rings (SSSR count). The molecule has 0 aliphatic heterocycles. The van der Waals surface area contributed by atoms with Crippen LogP contribution in [0.3, 0.4) is 0 Å². The molecule has 0 aromatic carbocycles. The first-order valence-electron chi connectivity index (χ1n) is 5.30. The molecule has 0 radical (unpaired) electrons. The van der Waals surface area contributed by atoms with Crippen LogP contribution in [0, 0.1) is 0 Å². The second-order valence-electron chi connectivity index (χ2n) is 4.11. The molecule has 1 N–H and O–H groups in total. The molecular formula is C10H15N5S2. The van der Waals surface area contributed by atoms with Gasteiger partial charge in [-0.1, -0.05) is 22.7 Å². The van der Waals surface area contributed by atoms with E-state index in [9.17, 15) is 0 Å². The van der Waals surface area contributed by atoms with Crippen molar-refractivity contribution in [3.63, 3.8) is 0 Å². The number of rotatable bonds is 4. The summed E-state index contributed by atoms with van der Waals surface area (Å²) in [6, 6.07) is 0.370. The summed E-state index contributed by atoms with van der Waals surface area (Å²) in [5.41, 5.74) is 0. The predicted molar refractivity (Wildman–Crippen MR) is 74.1 cm³/mol. The first-order valence-corrected chi connectivity index (χ1v) is 6.93. The van der Waals surface area contributed by atoms with E-state index in [1.165, 1.54) is 0 Å². The van der Waals surface area contributed by atoms with E-state index in [-0.39, 0.29) is 0 Å². The molecule has 2 heterocycles. The van der Waals surface area contributed by atoms with Gasteiger partial charge in [-0.05, 0) is 13.8 Å². The van der Waals surface area contributed by atoms with Crippen LogP contribution >= 0.6 is 22.7 Å². The monoisotopic (exact) mass is 269 g/mol. The Hall–Kier alpha value is -1.21. The number of anilines is 2. The third-order valence-corrected chi connectivity index (χ3v) is 4.11. The summed E-state index contributed by atoms with van der Waals surface area (Å²) in [6.45, 7) is 4.16. The van der Waals surface area contributed by atoms with Crippen LogP contribution in [0.4, 0.5) is 10.3 Å².